The van der Waals surface area contributed by atoms with E-state index in [4.69, 9.17) is 9.47 Å². The van der Waals surface area contributed by atoms with Gasteiger partial charge in [0.05, 0.1) is 25.4 Å². The predicted molar refractivity (Wildman–Crippen MR) is 103 cm³/mol. The molecule has 1 heterocycles. The lowest BCUT2D eigenvalue weighted by atomic mass is 10.00. The molecule has 0 aliphatic carbocycles. The summed E-state index contributed by atoms with van der Waals surface area (Å²) in [5.41, 5.74) is 3.51. The zero-order valence-corrected chi connectivity index (χ0v) is 15.7. The maximum absolute atomic E-state index is 11.8. The van der Waals surface area contributed by atoms with Crippen molar-refractivity contribution in [2.24, 2.45) is 5.92 Å². The number of rotatable bonds is 6. The number of hydrogen-bond donors (Lipinski definition) is 0. The molecule has 1 aliphatic rings. The molecular weight excluding hydrogens is 340 g/mol. The summed E-state index contributed by atoms with van der Waals surface area (Å²) in [6.45, 7) is 3.49. The molecular formula is C22H24N2O3. The van der Waals surface area contributed by atoms with E-state index in [1.807, 2.05) is 30.3 Å². The van der Waals surface area contributed by atoms with Crippen molar-refractivity contribution in [2.75, 3.05) is 18.6 Å². The van der Waals surface area contributed by atoms with Gasteiger partial charge in [-0.25, -0.2) is 0 Å². The van der Waals surface area contributed by atoms with Crippen LogP contribution in [-0.2, 0) is 22.5 Å². The first-order valence-corrected chi connectivity index (χ1v) is 9.20. The fraction of sp³-hybridized carbons (Fsp3) is 0.364. The number of methoxy groups -OCH3 is 1. The fourth-order valence-corrected chi connectivity index (χ4v) is 3.37. The van der Waals surface area contributed by atoms with Gasteiger partial charge in [-0.05, 0) is 29.7 Å². The van der Waals surface area contributed by atoms with Crippen LogP contribution in [0.15, 0.2) is 48.5 Å². The number of carbonyl (C=O) groups is 1. The second-order valence-corrected chi connectivity index (χ2v) is 6.70. The Kier molecular flexibility index (Phi) is 5.97. The highest BCUT2D eigenvalue weighted by molar-refractivity contribution is 5.75. The standard InChI is InChI=1S/C22H24N2O3/c1-3-16-9-10-21-20(11-16)24(14-17-7-5-4-6-8-17)15-19(27-21)12-18(13-23)22(25)26-2/h4-11,18-19H,3,12,14-15H2,1-2H3. The normalized spacial score (nSPS) is 16.6. The molecule has 0 radical (unpaired) electrons. The number of aryl methyl sites for hydroxylation is 1. The first-order chi connectivity index (χ1) is 13.1. The average Bonchev–Trinajstić information content (AvgIpc) is 2.72. The van der Waals surface area contributed by atoms with Crippen LogP contribution in [-0.4, -0.2) is 25.7 Å². The van der Waals surface area contributed by atoms with E-state index in [2.05, 4.69) is 36.1 Å². The summed E-state index contributed by atoms with van der Waals surface area (Å²) < 4.78 is 10.9. The maximum Gasteiger partial charge on any atom is 0.323 e. The highest BCUT2D eigenvalue weighted by Crippen LogP contribution is 2.36. The Morgan fingerprint density at radius 1 is 1.30 bits per heavy atom. The van der Waals surface area contributed by atoms with E-state index in [0.717, 1.165) is 24.4 Å². The molecule has 5 heteroatoms. The Bertz CT molecular complexity index is 829. The van der Waals surface area contributed by atoms with E-state index in [-0.39, 0.29) is 6.10 Å². The van der Waals surface area contributed by atoms with Crippen molar-refractivity contribution in [1.82, 2.24) is 0 Å². The van der Waals surface area contributed by atoms with Crippen molar-refractivity contribution in [3.63, 3.8) is 0 Å². The van der Waals surface area contributed by atoms with Crippen molar-refractivity contribution in [2.45, 2.75) is 32.4 Å². The molecule has 2 unspecified atom stereocenters. The van der Waals surface area contributed by atoms with Crippen LogP contribution in [0, 0.1) is 17.2 Å². The van der Waals surface area contributed by atoms with Crippen molar-refractivity contribution in [3.05, 3.63) is 59.7 Å². The number of ether oxygens (including phenoxy) is 2. The smallest absolute Gasteiger partial charge is 0.323 e. The van der Waals surface area contributed by atoms with Gasteiger partial charge >= 0.3 is 5.97 Å². The van der Waals surface area contributed by atoms with Crippen molar-refractivity contribution in [1.29, 1.82) is 5.26 Å². The Balaban J connectivity index is 1.86. The van der Waals surface area contributed by atoms with Gasteiger partial charge in [-0.2, -0.15) is 5.26 Å². The first kappa shape index (κ1) is 18.8. The van der Waals surface area contributed by atoms with E-state index in [1.54, 1.807) is 0 Å². The van der Waals surface area contributed by atoms with E-state index in [1.165, 1.54) is 18.2 Å². The molecule has 27 heavy (non-hydrogen) atoms. The van der Waals surface area contributed by atoms with E-state index in [9.17, 15) is 10.1 Å². The minimum atomic E-state index is -0.824. The molecule has 0 N–H and O–H groups in total. The van der Waals surface area contributed by atoms with Gasteiger partial charge in [0.1, 0.15) is 17.8 Å². The Labute approximate surface area is 160 Å². The molecule has 0 saturated heterocycles. The Morgan fingerprint density at radius 3 is 2.74 bits per heavy atom. The van der Waals surface area contributed by atoms with Gasteiger partial charge in [-0.1, -0.05) is 43.3 Å². The van der Waals surface area contributed by atoms with Crippen LogP contribution in [0.1, 0.15) is 24.5 Å². The molecule has 0 fully saturated rings. The molecule has 5 nitrogen and oxygen atoms in total. The number of benzene rings is 2. The number of hydrogen-bond acceptors (Lipinski definition) is 5. The zero-order chi connectivity index (χ0) is 19.2. The second kappa shape index (κ2) is 8.59. The van der Waals surface area contributed by atoms with E-state index >= 15 is 0 Å². The summed E-state index contributed by atoms with van der Waals surface area (Å²) in [6.07, 6.45) is 1.01. The molecule has 2 atom stereocenters. The number of nitrogens with zero attached hydrogens (tertiary/aromatic N) is 2. The largest absolute Gasteiger partial charge is 0.486 e. The van der Waals surface area contributed by atoms with Gasteiger partial charge in [-0.3, -0.25) is 4.79 Å². The fourth-order valence-electron chi connectivity index (χ4n) is 3.37. The molecule has 0 bridgehead atoms. The summed E-state index contributed by atoms with van der Waals surface area (Å²) in [5, 5.41) is 9.30. The molecule has 1 aliphatic heterocycles. The summed E-state index contributed by atoms with van der Waals surface area (Å²) in [5.74, 6) is -0.543. The average molecular weight is 364 g/mol. The SMILES string of the molecule is CCc1ccc2c(c1)N(Cc1ccccc1)CC(CC(C#N)C(=O)OC)O2. The molecule has 2 aromatic carbocycles. The van der Waals surface area contributed by atoms with Gasteiger partial charge in [0, 0.05) is 13.0 Å². The summed E-state index contributed by atoms with van der Waals surface area (Å²) in [6, 6.07) is 18.5. The minimum Gasteiger partial charge on any atom is -0.486 e. The van der Waals surface area contributed by atoms with Gasteiger partial charge in [0.25, 0.3) is 0 Å². The van der Waals surface area contributed by atoms with Gasteiger partial charge in [0.2, 0.25) is 0 Å². The predicted octanol–water partition coefficient (Wildman–Crippen LogP) is 3.72. The van der Waals surface area contributed by atoms with E-state index in [0.29, 0.717) is 13.0 Å². The monoisotopic (exact) mass is 364 g/mol. The molecule has 0 aromatic heterocycles. The third-order valence-electron chi connectivity index (χ3n) is 4.85. The third kappa shape index (κ3) is 4.40. The number of esters is 1. The molecule has 0 saturated carbocycles. The highest BCUT2D eigenvalue weighted by Gasteiger charge is 2.31. The summed E-state index contributed by atoms with van der Waals surface area (Å²) in [4.78, 5) is 14.1. The Morgan fingerprint density at radius 2 is 2.07 bits per heavy atom. The molecule has 3 rings (SSSR count). The molecule has 2 aromatic rings. The number of nitriles is 1. The number of anilines is 1. The van der Waals surface area contributed by atoms with Gasteiger partial charge in [-0.15, -0.1) is 0 Å². The molecule has 0 spiro atoms. The molecule has 140 valence electrons. The van der Waals surface area contributed by atoms with Crippen LogP contribution in [0.3, 0.4) is 0 Å². The van der Waals surface area contributed by atoms with Crippen LogP contribution in [0.5, 0.6) is 5.75 Å². The Hall–Kier alpha value is -3.00. The van der Waals surface area contributed by atoms with Crippen LogP contribution in [0.25, 0.3) is 0 Å². The number of carbonyl (C=O) groups excluding carboxylic acids is 1. The first-order valence-electron chi connectivity index (χ1n) is 9.20. The highest BCUT2D eigenvalue weighted by atomic mass is 16.5. The lowest BCUT2D eigenvalue weighted by Gasteiger charge is -2.37. The van der Waals surface area contributed by atoms with Crippen molar-refractivity contribution >= 4 is 11.7 Å². The van der Waals surface area contributed by atoms with Crippen molar-refractivity contribution < 1.29 is 14.3 Å². The lowest BCUT2D eigenvalue weighted by Crippen LogP contribution is -2.41. The van der Waals surface area contributed by atoms with Crippen LogP contribution in [0.4, 0.5) is 5.69 Å². The van der Waals surface area contributed by atoms with E-state index < -0.39 is 11.9 Å². The zero-order valence-electron chi connectivity index (χ0n) is 15.7. The maximum atomic E-state index is 11.8. The topological polar surface area (TPSA) is 62.6 Å². The second-order valence-electron chi connectivity index (χ2n) is 6.70. The van der Waals surface area contributed by atoms with Gasteiger partial charge in [0.15, 0.2) is 0 Å². The van der Waals surface area contributed by atoms with Gasteiger partial charge < -0.3 is 14.4 Å². The van der Waals surface area contributed by atoms with Crippen LogP contribution >= 0.6 is 0 Å². The minimum absolute atomic E-state index is 0.252. The van der Waals surface area contributed by atoms with Crippen LogP contribution < -0.4 is 9.64 Å². The summed E-state index contributed by atoms with van der Waals surface area (Å²) in [7, 11) is 1.30. The molecule has 0 amide bonds. The number of fused-ring (bicyclic) bond motifs is 1. The summed E-state index contributed by atoms with van der Waals surface area (Å²) >= 11 is 0. The quantitative estimate of drug-likeness (QED) is 0.731. The van der Waals surface area contributed by atoms with Crippen molar-refractivity contribution in [3.8, 4) is 11.8 Å². The lowest BCUT2D eigenvalue weighted by molar-refractivity contribution is -0.144. The third-order valence-corrected chi connectivity index (χ3v) is 4.85. The van der Waals surface area contributed by atoms with Crippen LogP contribution in [0.2, 0.25) is 0 Å².